The third-order valence-corrected chi connectivity index (χ3v) is 3.26. The Bertz CT molecular complexity index is 507. The number of hydrogen-bond acceptors (Lipinski definition) is 4. The summed E-state index contributed by atoms with van der Waals surface area (Å²) in [4.78, 5) is 0. The molecule has 0 aliphatic rings. The van der Waals surface area contributed by atoms with Crippen LogP contribution in [0.1, 0.15) is 32.3 Å². The van der Waals surface area contributed by atoms with E-state index in [9.17, 15) is 0 Å². The third-order valence-electron chi connectivity index (χ3n) is 3.26. The quantitative estimate of drug-likeness (QED) is 0.866. The van der Waals surface area contributed by atoms with Crippen LogP contribution in [0.5, 0.6) is 0 Å². The molecule has 1 N–H and O–H groups in total. The standard InChI is InChI=1S/C14H21N5/c1-4-5-11(2)9-15-14-8-13(7-6-12(14)3)19-10-16-17-18-19/h6-8,10-11,15H,4-5,9H2,1-3H3. The number of anilines is 1. The first kappa shape index (κ1) is 13.5. The van der Waals surface area contributed by atoms with Crippen LogP contribution in [0.15, 0.2) is 24.5 Å². The highest BCUT2D eigenvalue weighted by Gasteiger charge is 2.05. The van der Waals surface area contributed by atoms with Gasteiger partial charge in [-0.15, -0.1) is 5.10 Å². The number of nitrogens with zero attached hydrogens (tertiary/aromatic N) is 4. The van der Waals surface area contributed by atoms with Gasteiger partial charge in [0.05, 0.1) is 5.69 Å². The van der Waals surface area contributed by atoms with Crippen molar-refractivity contribution in [3.05, 3.63) is 30.1 Å². The van der Waals surface area contributed by atoms with Crippen molar-refractivity contribution in [2.24, 2.45) is 5.92 Å². The molecule has 1 heterocycles. The molecule has 0 saturated carbocycles. The molecule has 1 aromatic carbocycles. The van der Waals surface area contributed by atoms with Crippen LogP contribution in [-0.4, -0.2) is 26.8 Å². The van der Waals surface area contributed by atoms with Crippen molar-refractivity contribution >= 4 is 5.69 Å². The minimum atomic E-state index is 0.682. The Kier molecular flexibility index (Phi) is 4.49. The van der Waals surface area contributed by atoms with E-state index in [1.807, 2.05) is 6.07 Å². The molecule has 5 nitrogen and oxygen atoms in total. The van der Waals surface area contributed by atoms with Crippen LogP contribution in [0.2, 0.25) is 0 Å². The predicted molar refractivity (Wildman–Crippen MR) is 76.5 cm³/mol. The molecule has 102 valence electrons. The lowest BCUT2D eigenvalue weighted by Gasteiger charge is -2.15. The van der Waals surface area contributed by atoms with E-state index >= 15 is 0 Å². The fourth-order valence-corrected chi connectivity index (χ4v) is 2.10. The van der Waals surface area contributed by atoms with Gasteiger partial charge in [-0.1, -0.05) is 26.3 Å². The second-order valence-electron chi connectivity index (χ2n) is 5.03. The van der Waals surface area contributed by atoms with Gasteiger partial charge in [0.1, 0.15) is 6.33 Å². The van der Waals surface area contributed by atoms with Crippen molar-refractivity contribution < 1.29 is 0 Å². The van der Waals surface area contributed by atoms with Crippen LogP contribution in [0.3, 0.4) is 0 Å². The normalized spacial score (nSPS) is 12.4. The van der Waals surface area contributed by atoms with Crippen LogP contribution >= 0.6 is 0 Å². The summed E-state index contributed by atoms with van der Waals surface area (Å²) >= 11 is 0. The Balaban J connectivity index is 2.09. The second kappa shape index (κ2) is 6.31. The monoisotopic (exact) mass is 259 g/mol. The van der Waals surface area contributed by atoms with Gasteiger partial charge in [0.25, 0.3) is 0 Å². The van der Waals surface area contributed by atoms with E-state index in [4.69, 9.17) is 0 Å². The maximum absolute atomic E-state index is 3.91. The van der Waals surface area contributed by atoms with E-state index in [2.05, 4.69) is 53.7 Å². The highest BCUT2D eigenvalue weighted by Crippen LogP contribution is 2.19. The lowest BCUT2D eigenvalue weighted by molar-refractivity contribution is 0.550. The van der Waals surface area contributed by atoms with Gasteiger partial charge in [-0.05, 0) is 47.4 Å². The fraction of sp³-hybridized carbons (Fsp3) is 0.500. The average Bonchev–Trinajstić information content (AvgIpc) is 2.92. The van der Waals surface area contributed by atoms with Crippen LogP contribution in [0.25, 0.3) is 5.69 Å². The molecule has 1 aromatic heterocycles. The largest absolute Gasteiger partial charge is 0.385 e. The summed E-state index contributed by atoms with van der Waals surface area (Å²) in [5.74, 6) is 0.682. The molecule has 19 heavy (non-hydrogen) atoms. The first-order valence-corrected chi connectivity index (χ1v) is 6.78. The third kappa shape index (κ3) is 3.53. The smallest absolute Gasteiger partial charge is 0.143 e. The Morgan fingerprint density at radius 2 is 2.21 bits per heavy atom. The molecule has 5 heteroatoms. The van der Waals surface area contributed by atoms with Gasteiger partial charge in [-0.3, -0.25) is 0 Å². The molecule has 0 bridgehead atoms. The number of benzene rings is 1. The van der Waals surface area contributed by atoms with Crippen molar-refractivity contribution in [2.45, 2.75) is 33.6 Å². The molecule has 1 atom stereocenters. The van der Waals surface area contributed by atoms with Crippen molar-refractivity contribution in [1.82, 2.24) is 20.2 Å². The summed E-state index contributed by atoms with van der Waals surface area (Å²) in [6.07, 6.45) is 4.08. The fourth-order valence-electron chi connectivity index (χ4n) is 2.10. The summed E-state index contributed by atoms with van der Waals surface area (Å²) < 4.78 is 1.67. The summed E-state index contributed by atoms with van der Waals surface area (Å²) in [7, 11) is 0. The molecule has 0 fully saturated rings. The van der Waals surface area contributed by atoms with Crippen molar-refractivity contribution in [3.63, 3.8) is 0 Å². The Hall–Kier alpha value is -1.91. The molecule has 0 aliphatic carbocycles. The van der Waals surface area contributed by atoms with Gasteiger partial charge in [0.2, 0.25) is 0 Å². The molecule has 0 aliphatic heterocycles. The van der Waals surface area contributed by atoms with E-state index in [0.29, 0.717) is 5.92 Å². The van der Waals surface area contributed by atoms with Crippen molar-refractivity contribution in [1.29, 1.82) is 0 Å². The van der Waals surface area contributed by atoms with E-state index in [-0.39, 0.29) is 0 Å². The number of nitrogens with one attached hydrogen (secondary N) is 1. The minimum Gasteiger partial charge on any atom is -0.385 e. The zero-order chi connectivity index (χ0) is 13.7. The summed E-state index contributed by atoms with van der Waals surface area (Å²) in [5.41, 5.74) is 3.36. The summed E-state index contributed by atoms with van der Waals surface area (Å²) in [6, 6.07) is 6.19. The van der Waals surface area contributed by atoms with Crippen LogP contribution in [-0.2, 0) is 0 Å². The van der Waals surface area contributed by atoms with E-state index < -0.39 is 0 Å². The molecule has 0 spiro atoms. The Labute approximate surface area is 114 Å². The lowest BCUT2D eigenvalue weighted by Crippen LogP contribution is -2.12. The maximum atomic E-state index is 3.91. The van der Waals surface area contributed by atoms with Crippen LogP contribution in [0, 0.1) is 12.8 Å². The number of tetrazole rings is 1. The van der Waals surface area contributed by atoms with E-state index in [1.54, 1.807) is 11.0 Å². The van der Waals surface area contributed by atoms with Gasteiger partial charge >= 0.3 is 0 Å². The van der Waals surface area contributed by atoms with Crippen LogP contribution < -0.4 is 5.32 Å². The SMILES string of the molecule is CCCC(C)CNc1cc(-n2cnnn2)ccc1C. The minimum absolute atomic E-state index is 0.682. The molecule has 0 saturated heterocycles. The molecule has 2 aromatic rings. The van der Waals surface area contributed by atoms with Gasteiger partial charge in [0, 0.05) is 12.2 Å². The molecule has 2 rings (SSSR count). The van der Waals surface area contributed by atoms with E-state index in [0.717, 1.165) is 17.9 Å². The van der Waals surface area contributed by atoms with Crippen molar-refractivity contribution in [3.8, 4) is 5.69 Å². The zero-order valence-corrected chi connectivity index (χ0v) is 11.8. The topological polar surface area (TPSA) is 55.6 Å². The molecular weight excluding hydrogens is 238 g/mol. The van der Waals surface area contributed by atoms with Crippen molar-refractivity contribution in [2.75, 3.05) is 11.9 Å². The molecular formula is C14H21N5. The summed E-state index contributed by atoms with van der Waals surface area (Å²) in [6.45, 7) is 7.60. The Morgan fingerprint density at radius 3 is 2.89 bits per heavy atom. The number of rotatable bonds is 6. The zero-order valence-electron chi connectivity index (χ0n) is 11.8. The number of hydrogen-bond donors (Lipinski definition) is 1. The van der Waals surface area contributed by atoms with E-state index in [1.165, 1.54) is 18.4 Å². The predicted octanol–water partition coefficient (Wildman–Crippen LogP) is 2.82. The average molecular weight is 259 g/mol. The van der Waals surface area contributed by atoms with Gasteiger partial charge < -0.3 is 5.32 Å². The number of aryl methyl sites for hydroxylation is 1. The van der Waals surface area contributed by atoms with Gasteiger partial charge in [-0.2, -0.15) is 0 Å². The molecule has 1 unspecified atom stereocenters. The maximum Gasteiger partial charge on any atom is 0.143 e. The van der Waals surface area contributed by atoms with Crippen LogP contribution in [0.4, 0.5) is 5.69 Å². The summed E-state index contributed by atoms with van der Waals surface area (Å²) in [5, 5.41) is 14.8. The second-order valence-corrected chi connectivity index (χ2v) is 5.03. The molecule has 0 amide bonds. The first-order chi connectivity index (χ1) is 9.20. The van der Waals surface area contributed by atoms with Gasteiger partial charge in [0.15, 0.2) is 0 Å². The first-order valence-electron chi connectivity index (χ1n) is 6.78. The van der Waals surface area contributed by atoms with Gasteiger partial charge in [-0.25, -0.2) is 4.68 Å². The highest BCUT2D eigenvalue weighted by molar-refractivity contribution is 5.56. The number of aromatic nitrogens is 4. The Morgan fingerprint density at radius 1 is 1.37 bits per heavy atom. The lowest BCUT2D eigenvalue weighted by atomic mass is 10.1. The molecule has 0 radical (unpaired) electrons. The highest BCUT2D eigenvalue weighted by atomic mass is 15.5.